The maximum atomic E-state index is 11.6. The summed E-state index contributed by atoms with van der Waals surface area (Å²) in [6.45, 7) is 5.45. The summed E-state index contributed by atoms with van der Waals surface area (Å²) in [5, 5.41) is 12.0. The normalized spacial score (nSPS) is 15.6. The summed E-state index contributed by atoms with van der Waals surface area (Å²) in [4.78, 5) is 13.9. The minimum absolute atomic E-state index is 0.224. The van der Waals surface area contributed by atoms with E-state index >= 15 is 0 Å². The lowest BCUT2D eigenvalue weighted by Crippen LogP contribution is -2.35. The van der Waals surface area contributed by atoms with Crippen LogP contribution in [0.3, 0.4) is 0 Å². The van der Waals surface area contributed by atoms with Gasteiger partial charge in [-0.25, -0.2) is 0 Å². The maximum absolute atomic E-state index is 11.6. The van der Waals surface area contributed by atoms with Crippen LogP contribution < -0.4 is 10.2 Å². The molecule has 0 radical (unpaired) electrons. The summed E-state index contributed by atoms with van der Waals surface area (Å²) >= 11 is 0. The van der Waals surface area contributed by atoms with Crippen molar-refractivity contribution in [1.82, 2.24) is 0 Å². The van der Waals surface area contributed by atoms with Gasteiger partial charge in [0.25, 0.3) is 5.91 Å². The van der Waals surface area contributed by atoms with Gasteiger partial charge in [0.05, 0.1) is 11.4 Å². The molecule has 0 aromatic heterocycles. The van der Waals surface area contributed by atoms with Crippen LogP contribution in [0.5, 0.6) is 0 Å². The molecule has 2 rings (SSSR count). The monoisotopic (exact) mass is 272 g/mol. The highest BCUT2D eigenvalue weighted by Gasteiger charge is 2.20. The van der Waals surface area contributed by atoms with E-state index in [0.717, 1.165) is 37.3 Å². The van der Waals surface area contributed by atoms with Crippen LogP contribution in [0, 0.1) is 5.92 Å². The summed E-state index contributed by atoms with van der Waals surface area (Å²) in [6.07, 6.45) is 3.24. The maximum Gasteiger partial charge on any atom is 0.256 e. The van der Waals surface area contributed by atoms with Crippen LogP contribution in [0.1, 0.15) is 12.8 Å². The molecule has 1 aromatic rings. The molecule has 1 aliphatic rings. The molecule has 0 aliphatic carbocycles. The molecule has 1 fully saturated rings. The molecule has 1 amide bonds. The number of benzene rings is 1. The molecule has 1 aliphatic heterocycles. The standard InChI is InChI=1S/C16H20N2O2/c1-2-5-16(20)17-14-6-3-4-7-15(14)18-10-8-13(12-19)9-11-18/h3-7,13,19H,1,8-12H2,(H,17,20). The largest absolute Gasteiger partial charge is 0.396 e. The number of aliphatic hydroxyl groups is 1. The third kappa shape index (κ3) is 3.50. The number of nitrogens with zero attached hydrogens (tertiary/aromatic N) is 1. The van der Waals surface area contributed by atoms with Gasteiger partial charge in [-0.2, -0.15) is 0 Å². The van der Waals surface area contributed by atoms with Crippen molar-refractivity contribution in [3.8, 4) is 0 Å². The highest BCUT2D eigenvalue weighted by Crippen LogP contribution is 2.29. The third-order valence-electron chi connectivity index (χ3n) is 3.61. The Kier molecular flexibility index (Phi) is 4.99. The first kappa shape index (κ1) is 14.4. The molecule has 1 heterocycles. The van der Waals surface area contributed by atoms with Gasteiger partial charge >= 0.3 is 0 Å². The first-order valence-electron chi connectivity index (χ1n) is 6.86. The zero-order valence-corrected chi connectivity index (χ0v) is 11.5. The Balaban J connectivity index is 2.12. The van der Waals surface area contributed by atoms with Crippen molar-refractivity contribution in [2.45, 2.75) is 12.8 Å². The topological polar surface area (TPSA) is 52.6 Å². The summed E-state index contributed by atoms with van der Waals surface area (Å²) in [5.41, 5.74) is 4.29. The molecule has 0 spiro atoms. The van der Waals surface area contributed by atoms with Crippen molar-refractivity contribution in [2.75, 3.05) is 29.9 Å². The van der Waals surface area contributed by atoms with Gasteiger partial charge in [0.1, 0.15) is 0 Å². The lowest BCUT2D eigenvalue weighted by atomic mass is 9.97. The van der Waals surface area contributed by atoms with Crippen LogP contribution in [0.2, 0.25) is 0 Å². The predicted octanol–water partition coefficient (Wildman–Crippen LogP) is 2.17. The molecule has 106 valence electrons. The van der Waals surface area contributed by atoms with Gasteiger partial charge in [-0.3, -0.25) is 4.79 Å². The van der Waals surface area contributed by atoms with Crippen molar-refractivity contribution in [1.29, 1.82) is 0 Å². The quantitative estimate of drug-likeness (QED) is 0.652. The molecular formula is C16H20N2O2. The fourth-order valence-electron chi connectivity index (χ4n) is 2.47. The molecule has 1 saturated heterocycles. The number of anilines is 2. The van der Waals surface area contributed by atoms with Crippen LogP contribution in [0.25, 0.3) is 0 Å². The number of piperidine rings is 1. The van der Waals surface area contributed by atoms with Crippen molar-refractivity contribution in [3.05, 3.63) is 42.7 Å². The van der Waals surface area contributed by atoms with Gasteiger partial charge in [0.2, 0.25) is 0 Å². The van der Waals surface area contributed by atoms with E-state index in [9.17, 15) is 9.90 Å². The zero-order chi connectivity index (χ0) is 14.4. The summed E-state index contributed by atoms with van der Waals surface area (Å²) in [6, 6.07) is 7.76. The Hall–Kier alpha value is -2.03. The fraction of sp³-hybridized carbons (Fsp3) is 0.375. The second-order valence-electron chi connectivity index (χ2n) is 4.97. The highest BCUT2D eigenvalue weighted by atomic mass is 16.3. The van der Waals surface area contributed by atoms with Gasteiger partial charge in [-0.15, -0.1) is 5.73 Å². The Morgan fingerprint density at radius 2 is 2.15 bits per heavy atom. The van der Waals surface area contributed by atoms with Crippen LogP contribution in [0.15, 0.2) is 42.7 Å². The van der Waals surface area contributed by atoms with Crippen LogP contribution in [0.4, 0.5) is 11.4 Å². The Bertz CT molecular complexity index is 513. The smallest absolute Gasteiger partial charge is 0.256 e. The van der Waals surface area contributed by atoms with Gasteiger partial charge in [-0.05, 0) is 30.9 Å². The number of nitrogens with one attached hydrogen (secondary N) is 1. The van der Waals surface area contributed by atoms with Gasteiger partial charge in [0, 0.05) is 25.8 Å². The molecule has 2 N–H and O–H groups in total. The van der Waals surface area contributed by atoms with Crippen molar-refractivity contribution in [2.24, 2.45) is 5.92 Å². The van der Waals surface area contributed by atoms with E-state index in [1.54, 1.807) is 0 Å². The second-order valence-corrected chi connectivity index (χ2v) is 4.97. The molecule has 20 heavy (non-hydrogen) atoms. The van der Waals surface area contributed by atoms with Crippen LogP contribution in [-0.4, -0.2) is 30.7 Å². The molecule has 0 saturated carbocycles. The highest BCUT2D eigenvalue weighted by molar-refractivity contribution is 6.01. The zero-order valence-electron chi connectivity index (χ0n) is 11.5. The number of rotatable bonds is 4. The molecule has 1 aromatic carbocycles. The van der Waals surface area contributed by atoms with Gasteiger partial charge < -0.3 is 15.3 Å². The number of aliphatic hydroxyl groups excluding tert-OH is 1. The number of carbonyl (C=O) groups excluding carboxylic acids is 1. The Labute approximate surface area is 119 Å². The fourth-order valence-corrected chi connectivity index (χ4v) is 2.47. The Morgan fingerprint density at radius 3 is 2.80 bits per heavy atom. The first-order valence-corrected chi connectivity index (χ1v) is 6.86. The SMILES string of the molecule is C=C=CC(=O)Nc1ccccc1N1CCC(CO)CC1. The molecule has 0 unspecified atom stereocenters. The third-order valence-corrected chi connectivity index (χ3v) is 3.61. The van der Waals surface area contributed by atoms with Crippen LogP contribution in [-0.2, 0) is 4.79 Å². The molecule has 4 nitrogen and oxygen atoms in total. The predicted molar refractivity (Wildman–Crippen MR) is 80.8 cm³/mol. The van der Waals surface area contributed by atoms with Gasteiger partial charge in [-0.1, -0.05) is 18.7 Å². The minimum Gasteiger partial charge on any atom is -0.396 e. The average Bonchev–Trinajstić information content (AvgIpc) is 2.48. The lowest BCUT2D eigenvalue weighted by molar-refractivity contribution is -0.111. The first-order chi connectivity index (χ1) is 9.74. The molecule has 0 bridgehead atoms. The van der Waals surface area contributed by atoms with E-state index < -0.39 is 0 Å². The number of hydrogen-bond acceptors (Lipinski definition) is 3. The summed E-state index contributed by atoms with van der Waals surface area (Å²) < 4.78 is 0. The Morgan fingerprint density at radius 1 is 1.45 bits per heavy atom. The van der Waals surface area contributed by atoms with Gasteiger partial charge in [0.15, 0.2) is 0 Å². The van der Waals surface area contributed by atoms with Crippen molar-refractivity contribution < 1.29 is 9.90 Å². The summed E-state index contributed by atoms with van der Waals surface area (Å²) in [5.74, 6) is 0.175. The number of carbonyl (C=O) groups is 1. The number of para-hydroxylation sites is 2. The van der Waals surface area contributed by atoms with Crippen molar-refractivity contribution in [3.63, 3.8) is 0 Å². The van der Waals surface area contributed by atoms with Crippen LogP contribution >= 0.6 is 0 Å². The molecular weight excluding hydrogens is 252 g/mol. The van der Waals surface area contributed by atoms with E-state index in [0.29, 0.717) is 5.92 Å². The molecule has 0 atom stereocenters. The second kappa shape index (κ2) is 6.94. The van der Waals surface area contributed by atoms with E-state index in [4.69, 9.17) is 0 Å². The van der Waals surface area contributed by atoms with Crippen molar-refractivity contribution >= 4 is 17.3 Å². The van der Waals surface area contributed by atoms with E-state index in [1.807, 2.05) is 24.3 Å². The number of hydrogen-bond donors (Lipinski definition) is 2. The number of amides is 1. The van der Waals surface area contributed by atoms with E-state index in [1.165, 1.54) is 6.08 Å². The average molecular weight is 272 g/mol. The minimum atomic E-state index is -0.224. The summed E-state index contributed by atoms with van der Waals surface area (Å²) in [7, 11) is 0. The van der Waals surface area contributed by atoms with E-state index in [2.05, 4.69) is 22.5 Å². The lowest BCUT2D eigenvalue weighted by Gasteiger charge is -2.34. The molecule has 4 heteroatoms. The van der Waals surface area contributed by atoms with E-state index in [-0.39, 0.29) is 12.5 Å².